The molecule has 0 aliphatic carbocycles. The molecule has 1 saturated heterocycles. The van der Waals surface area contributed by atoms with Gasteiger partial charge in [-0.15, -0.1) is 0 Å². The zero-order valence-corrected chi connectivity index (χ0v) is 15.1. The summed E-state index contributed by atoms with van der Waals surface area (Å²) in [6, 6.07) is 7.90. The number of rotatable bonds is 4. The van der Waals surface area contributed by atoms with Crippen LogP contribution in [0.15, 0.2) is 36.7 Å². The molecule has 3 heterocycles. The lowest BCUT2D eigenvalue weighted by Crippen LogP contribution is -2.37. The van der Waals surface area contributed by atoms with E-state index in [-0.39, 0.29) is 6.54 Å². The van der Waals surface area contributed by atoms with E-state index < -0.39 is 6.09 Å². The van der Waals surface area contributed by atoms with Gasteiger partial charge >= 0.3 is 6.09 Å². The van der Waals surface area contributed by atoms with Crippen molar-refractivity contribution < 1.29 is 14.6 Å². The first kappa shape index (κ1) is 17.3. The summed E-state index contributed by atoms with van der Waals surface area (Å²) in [7, 11) is 0. The molecule has 1 aromatic carbocycles. The molecule has 2 N–H and O–H groups in total. The number of anilines is 1. The van der Waals surface area contributed by atoms with Crippen LogP contribution in [0.1, 0.15) is 11.1 Å². The van der Waals surface area contributed by atoms with Crippen molar-refractivity contribution in [3.63, 3.8) is 0 Å². The van der Waals surface area contributed by atoms with Crippen LogP contribution in [0, 0.1) is 6.92 Å². The maximum absolute atomic E-state index is 10.7. The van der Waals surface area contributed by atoms with Crippen molar-refractivity contribution in [3.8, 4) is 11.3 Å². The number of hydrogen-bond acceptors (Lipinski definition) is 5. The number of benzene rings is 1. The normalized spacial score (nSPS) is 14.5. The molecule has 0 unspecified atom stereocenters. The Labute approximate surface area is 156 Å². The van der Waals surface area contributed by atoms with Crippen LogP contribution in [0.5, 0.6) is 0 Å². The Kier molecular flexibility index (Phi) is 4.64. The average molecular weight is 367 g/mol. The Hall–Kier alpha value is -3.13. The van der Waals surface area contributed by atoms with E-state index >= 15 is 0 Å². The summed E-state index contributed by atoms with van der Waals surface area (Å²) in [6.45, 7) is 5.25. The molecule has 3 aromatic rings. The first-order valence-electron chi connectivity index (χ1n) is 8.85. The van der Waals surface area contributed by atoms with Crippen molar-refractivity contribution >= 4 is 17.4 Å². The lowest BCUT2D eigenvalue weighted by molar-refractivity contribution is 0.122. The fraction of sp³-hybridized carbons (Fsp3) is 0.316. The second-order valence-corrected chi connectivity index (χ2v) is 6.51. The van der Waals surface area contributed by atoms with Gasteiger partial charge in [-0.1, -0.05) is 12.1 Å². The number of aryl methyl sites for hydroxylation is 1. The average Bonchev–Trinajstić information content (AvgIpc) is 3.15. The van der Waals surface area contributed by atoms with Crippen molar-refractivity contribution in [1.82, 2.24) is 19.9 Å². The molecule has 0 spiro atoms. The highest BCUT2D eigenvalue weighted by Gasteiger charge is 2.17. The highest BCUT2D eigenvalue weighted by molar-refractivity contribution is 5.78. The van der Waals surface area contributed by atoms with Crippen molar-refractivity contribution in [2.24, 2.45) is 0 Å². The molecule has 0 bridgehead atoms. The molecule has 8 heteroatoms. The number of carbonyl (C=O) groups is 1. The minimum Gasteiger partial charge on any atom is -0.465 e. The number of nitrogens with zero attached hydrogens (tertiary/aromatic N) is 4. The van der Waals surface area contributed by atoms with Gasteiger partial charge < -0.3 is 20.1 Å². The first-order chi connectivity index (χ1) is 13.1. The quantitative estimate of drug-likeness (QED) is 0.735. The van der Waals surface area contributed by atoms with Gasteiger partial charge in [-0.05, 0) is 30.2 Å². The molecular weight excluding hydrogens is 346 g/mol. The van der Waals surface area contributed by atoms with Gasteiger partial charge in [0, 0.05) is 25.2 Å². The Morgan fingerprint density at radius 3 is 2.85 bits per heavy atom. The lowest BCUT2D eigenvalue weighted by Gasteiger charge is -2.28. The largest absolute Gasteiger partial charge is 0.465 e. The lowest BCUT2D eigenvalue weighted by atomic mass is 10.0. The van der Waals surface area contributed by atoms with Crippen molar-refractivity contribution in [3.05, 3.63) is 47.8 Å². The van der Waals surface area contributed by atoms with Crippen molar-refractivity contribution in [2.75, 3.05) is 31.2 Å². The van der Waals surface area contributed by atoms with Crippen LogP contribution < -0.4 is 10.2 Å². The van der Waals surface area contributed by atoms with Gasteiger partial charge in [0.05, 0.1) is 36.8 Å². The van der Waals surface area contributed by atoms with E-state index in [9.17, 15) is 4.79 Å². The van der Waals surface area contributed by atoms with Gasteiger partial charge in [-0.3, -0.25) is 0 Å². The van der Waals surface area contributed by atoms with Crippen molar-refractivity contribution in [2.45, 2.75) is 13.5 Å². The van der Waals surface area contributed by atoms with Crippen molar-refractivity contribution in [1.29, 1.82) is 0 Å². The van der Waals surface area contributed by atoms with Gasteiger partial charge in [-0.25, -0.2) is 14.3 Å². The van der Waals surface area contributed by atoms with E-state index in [0.717, 1.165) is 46.8 Å². The summed E-state index contributed by atoms with van der Waals surface area (Å²) in [5, 5.41) is 15.6. The maximum Gasteiger partial charge on any atom is 0.404 e. The fourth-order valence-electron chi connectivity index (χ4n) is 3.28. The Morgan fingerprint density at radius 1 is 1.30 bits per heavy atom. The number of aromatic nitrogens is 3. The minimum absolute atomic E-state index is 0.283. The van der Waals surface area contributed by atoms with Gasteiger partial charge in [0.15, 0.2) is 0 Å². The van der Waals surface area contributed by atoms with Gasteiger partial charge in [0.25, 0.3) is 0 Å². The second-order valence-electron chi connectivity index (χ2n) is 6.51. The molecule has 1 fully saturated rings. The first-order valence-corrected chi connectivity index (χ1v) is 8.85. The van der Waals surface area contributed by atoms with E-state index in [1.54, 1.807) is 6.20 Å². The SMILES string of the molecule is Cc1cc(-c2nc(N3CCOCC3)cn3nccc23)ccc1CNC(=O)O. The number of amides is 1. The molecule has 1 aliphatic rings. The van der Waals surface area contributed by atoms with Crippen LogP contribution in [0.4, 0.5) is 10.6 Å². The highest BCUT2D eigenvalue weighted by atomic mass is 16.5. The predicted octanol–water partition coefficient (Wildman–Crippen LogP) is 2.31. The van der Waals surface area contributed by atoms with Gasteiger partial charge in [-0.2, -0.15) is 5.10 Å². The smallest absolute Gasteiger partial charge is 0.404 e. The molecule has 0 radical (unpaired) electrons. The summed E-state index contributed by atoms with van der Waals surface area (Å²) < 4.78 is 7.29. The molecule has 0 saturated carbocycles. The van der Waals surface area contributed by atoms with Crippen LogP contribution in [0.25, 0.3) is 16.8 Å². The number of morpholine rings is 1. The third kappa shape index (κ3) is 3.56. The van der Waals surface area contributed by atoms with Gasteiger partial charge in [0.1, 0.15) is 5.82 Å². The third-order valence-corrected chi connectivity index (χ3v) is 4.76. The number of nitrogens with one attached hydrogen (secondary N) is 1. The van der Waals surface area contributed by atoms with Crippen LogP contribution in [-0.2, 0) is 11.3 Å². The molecule has 2 aromatic heterocycles. The summed E-state index contributed by atoms with van der Waals surface area (Å²) in [5.74, 6) is 0.874. The zero-order valence-electron chi connectivity index (χ0n) is 15.1. The van der Waals surface area contributed by atoms with E-state index in [4.69, 9.17) is 14.8 Å². The van der Waals surface area contributed by atoms with E-state index in [0.29, 0.717) is 13.2 Å². The summed E-state index contributed by atoms with van der Waals surface area (Å²) in [5.41, 5.74) is 4.72. The number of hydrogen-bond donors (Lipinski definition) is 2. The molecule has 27 heavy (non-hydrogen) atoms. The molecule has 1 amide bonds. The van der Waals surface area contributed by atoms with Crippen LogP contribution >= 0.6 is 0 Å². The summed E-state index contributed by atoms with van der Waals surface area (Å²) in [6.07, 6.45) is 2.68. The van der Waals surface area contributed by atoms with E-state index in [1.807, 2.05) is 41.9 Å². The summed E-state index contributed by atoms with van der Waals surface area (Å²) in [4.78, 5) is 17.8. The Morgan fingerprint density at radius 2 is 2.11 bits per heavy atom. The maximum atomic E-state index is 10.7. The minimum atomic E-state index is -1.03. The van der Waals surface area contributed by atoms with Crippen LogP contribution in [0.2, 0.25) is 0 Å². The van der Waals surface area contributed by atoms with Gasteiger partial charge in [0.2, 0.25) is 0 Å². The predicted molar refractivity (Wildman–Crippen MR) is 101 cm³/mol. The third-order valence-electron chi connectivity index (χ3n) is 4.76. The van der Waals surface area contributed by atoms with E-state index in [2.05, 4.69) is 15.3 Å². The molecule has 4 rings (SSSR count). The number of ether oxygens (including phenoxy) is 1. The number of fused-ring (bicyclic) bond motifs is 1. The Balaban J connectivity index is 1.73. The summed E-state index contributed by atoms with van der Waals surface area (Å²) >= 11 is 0. The molecule has 1 aliphatic heterocycles. The number of carboxylic acid groups (broad SMARTS) is 1. The Bertz CT molecular complexity index is 979. The molecule has 8 nitrogen and oxygen atoms in total. The second kappa shape index (κ2) is 7.24. The molecule has 0 atom stereocenters. The highest BCUT2D eigenvalue weighted by Crippen LogP contribution is 2.27. The topological polar surface area (TPSA) is 92.0 Å². The standard InChI is InChI=1S/C19H21N5O3/c1-13-10-14(2-3-15(13)11-20-19(25)26)18-16-4-5-21-24(16)12-17(22-18)23-6-8-27-9-7-23/h2-5,10,12,20H,6-9,11H2,1H3,(H,25,26). The fourth-order valence-corrected chi connectivity index (χ4v) is 3.28. The van der Waals surface area contributed by atoms with Crippen LogP contribution in [-0.4, -0.2) is 52.1 Å². The molecular formula is C19H21N5O3. The monoisotopic (exact) mass is 367 g/mol. The van der Waals surface area contributed by atoms with E-state index in [1.165, 1.54) is 0 Å². The zero-order chi connectivity index (χ0) is 18.8. The molecule has 140 valence electrons. The van der Waals surface area contributed by atoms with Crippen LogP contribution in [0.3, 0.4) is 0 Å².